The van der Waals surface area contributed by atoms with E-state index in [9.17, 15) is 10.0 Å². The van der Waals surface area contributed by atoms with Gasteiger partial charge in [0, 0.05) is 0 Å². The Balaban J connectivity index is 2.81. The third-order valence-electron chi connectivity index (χ3n) is 1.73. The fraction of sp³-hybridized carbons (Fsp3) is 0.333. The van der Waals surface area contributed by atoms with Gasteiger partial charge in [0.05, 0.1) is 7.11 Å². The van der Waals surface area contributed by atoms with Crippen molar-refractivity contribution in [2.24, 2.45) is 5.18 Å². The van der Waals surface area contributed by atoms with Crippen molar-refractivity contribution in [2.75, 3.05) is 13.7 Å². The van der Waals surface area contributed by atoms with Gasteiger partial charge in [0.25, 0.3) is 0 Å². The van der Waals surface area contributed by atoms with Gasteiger partial charge in [-0.15, -0.1) is 0 Å². The lowest BCUT2D eigenvalue weighted by Gasteiger charge is -2.07. The van der Waals surface area contributed by atoms with E-state index in [2.05, 4.69) is 5.18 Å². The van der Waals surface area contributed by atoms with Gasteiger partial charge in [-0.3, -0.25) is 0 Å². The molecular weight excluding hydrogens is 170 g/mol. The number of hydrogen-bond acceptors (Lipinski definition) is 4. The van der Waals surface area contributed by atoms with Crippen LogP contribution in [-0.2, 0) is 0 Å². The average molecular weight is 181 g/mol. The summed E-state index contributed by atoms with van der Waals surface area (Å²) in [5.41, 5.74) is 0.638. The van der Waals surface area contributed by atoms with Crippen LogP contribution in [0.2, 0.25) is 0 Å². The van der Waals surface area contributed by atoms with Gasteiger partial charge in [-0.25, -0.2) is 0 Å². The van der Waals surface area contributed by atoms with Crippen LogP contribution in [0.1, 0.15) is 11.7 Å². The summed E-state index contributed by atoms with van der Waals surface area (Å²) in [6, 6.07) is 6.92. The maximum atomic E-state index is 9.90. The van der Waals surface area contributed by atoms with E-state index in [0.29, 0.717) is 11.3 Å². The second-order valence-electron chi connectivity index (χ2n) is 2.60. The van der Waals surface area contributed by atoms with Crippen molar-refractivity contribution >= 4 is 0 Å². The van der Waals surface area contributed by atoms with Crippen molar-refractivity contribution in [1.82, 2.24) is 0 Å². The van der Waals surface area contributed by atoms with Crippen molar-refractivity contribution in [1.29, 1.82) is 0 Å². The molecule has 0 bridgehead atoms. The first-order valence-corrected chi connectivity index (χ1v) is 3.89. The number of hydrogen-bond donors (Lipinski definition) is 1. The highest BCUT2D eigenvalue weighted by molar-refractivity contribution is 5.29. The maximum absolute atomic E-state index is 9.90. The summed E-state index contributed by atoms with van der Waals surface area (Å²) >= 11 is 0. The number of rotatable bonds is 4. The first-order valence-electron chi connectivity index (χ1n) is 3.89. The number of nitroso groups, excluding NO2 is 1. The molecule has 1 unspecified atom stereocenters. The molecule has 1 N–H and O–H groups in total. The van der Waals surface area contributed by atoms with Gasteiger partial charge >= 0.3 is 0 Å². The molecule has 0 radical (unpaired) electrons. The van der Waals surface area contributed by atoms with E-state index in [1.807, 2.05) is 0 Å². The third kappa shape index (κ3) is 2.52. The van der Waals surface area contributed by atoms with E-state index in [1.54, 1.807) is 31.4 Å². The van der Waals surface area contributed by atoms with Gasteiger partial charge in [0.15, 0.2) is 0 Å². The molecule has 0 aliphatic carbocycles. The van der Waals surface area contributed by atoms with E-state index >= 15 is 0 Å². The number of ether oxygens (including phenoxy) is 1. The van der Waals surface area contributed by atoms with Crippen LogP contribution in [0.25, 0.3) is 0 Å². The molecule has 0 aliphatic rings. The van der Waals surface area contributed by atoms with E-state index in [-0.39, 0.29) is 6.54 Å². The third-order valence-corrected chi connectivity index (χ3v) is 1.73. The van der Waals surface area contributed by atoms with E-state index < -0.39 is 6.10 Å². The maximum Gasteiger partial charge on any atom is 0.119 e. The smallest absolute Gasteiger partial charge is 0.119 e. The van der Waals surface area contributed by atoms with Crippen molar-refractivity contribution in [2.45, 2.75) is 6.10 Å². The molecule has 0 spiro atoms. The molecule has 0 fully saturated rings. The zero-order chi connectivity index (χ0) is 9.68. The normalized spacial score (nSPS) is 12.2. The van der Waals surface area contributed by atoms with Gasteiger partial charge in [-0.05, 0) is 17.7 Å². The number of methoxy groups -OCH3 is 1. The lowest BCUT2D eigenvalue weighted by molar-refractivity contribution is 0.186. The van der Waals surface area contributed by atoms with Crippen LogP contribution in [0.4, 0.5) is 0 Å². The standard InChI is InChI=1S/C9H11NO3/c1-13-8-4-2-3-7(5-8)9(11)6-10-12/h2-5,9,11H,6H2,1H3. The van der Waals surface area contributed by atoms with Crippen molar-refractivity contribution in [3.05, 3.63) is 34.7 Å². The Morgan fingerprint density at radius 3 is 3.00 bits per heavy atom. The summed E-state index contributed by atoms with van der Waals surface area (Å²) < 4.78 is 4.96. The Morgan fingerprint density at radius 2 is 2.38 bits per heavy atom. The highest BCUT2D eigenvalue weighted by Crippen LogP contribution is 2.18. The molecule has 1 aromatic carbocycles. The molecular formula is C9H11NO3. The van der Waals surface area contributed by atoms with Crippen LogP contribution in [-0.4, -0.2) is 18.8 Å². The molecule has 13 heavy (non-hydrogen) atoms. The molecule has 70 valence electrons. The molecule has 1 aromatic rings. The quantitative estimate of drug-likeness (QED) is 0.716. The van der Waals surface area contributed by atoms with E-state index in [1.165, 1.54) is 0 Å². The van der Waals surface area contributed by atoms with Crippen molar-refractivity contribution < 1.29 is 9.84 Å². The average Bonchev–Trinajstić information content (AvgIpc) is 2.18. The molecule has 1 rings (SSSR count). The summed E-state index contributed by atoms with van der Waals surface area (Å²) in [6.45, 7) is -0.132. The van der Waals surface area contributed by atoms with Crippen LogP contribution in [0.5, 0.6) is 5.75 Å². The zero-order valence-corrected chi connectivity index (χ0v) is 7.30. The first kappa shape index (κ1) is 9.67. The predicted molar refractivity (Wildman–Crippen MR) is 48.6 cm³/mol. The molecule has 0 amide bonds. The van der Waals surface area contributed by atoms with Gasteiger partial charge < -0.3 is 9.84 Å². The SMILES string of the molecule is COc1cccc(C(O)CN=O)c1. The highest BCUT2D eigenvalue weighted by atomic mass is 16.5. The van der Waals surface area contributed by atoms with Crippen LogP contribution >= 0.6 is 0 Å². The summed E-state index contributed by atoms with van der Waals surface area (Å²) in [5.74, 6) is 0.655. The molecule has 0 aliphatic heterocycles. The Kier molecular flexibility index (Phi) is 3.40. The fourth-order valence-electron chi connectivity index (χ4n) is 1.02. The highest BCUT2D eigenvalue weighted by Gasteiger charge is 2.07. The monoisotopic (exact) mass is 181 g/mol. The largest absolute Gasteiger partial charge is 0.497 e. The minimum atomic E-state index is -0.840. The Hall–Kier alpha value is -1.42. The summed E-state index contributed by atoms with van der Waals surface area (Å²) in [7, 11) is 1.55. The number of benzene rings is 1. The molecule has 4 nitrogen and oxygen atoms in total. The van der Waals surface area contributed by atoms with Gasteiger partial charge in [0.1, 0.15) is 18.4 Å². The summed E-state index contributed by atoms with van der Waals surface area (Å²) in [4.78, 5) is 9.90. The molecule has 0 saturated carbocycles. The topological polar surface area (TPSA) is 58.9 Å². The lowest BCUT2D eigenvalue weighted by atomic mass is 10.1. The molecule has 1 atom stereocenters. The van der Waals surface area contributed by atoms with Crippen LogP contribution in [0.15, 0.2) is 29.4 Å². The number of nitrogens with zero attached hydrogens (tertiary/aromatic N) is 1. The lowest BCUT2D eigenvalue weighted by Crippen LogP contribution is -2.00. The minimum absolute atomic E-state index is 0.132. The van der Waals surface area contributed by atoms with Crippen LogP contribution in [0, 0.1) is 4.91 Å². The fourth-order valence-corrected chi connectivity index (χ4v) is 1.02. The Morgan fingerprint density at radius 1 is 1.62 bits per heavy atom. The zero-order valence-electron chi connectivity index (χ0n) is 7.30. The van der Waals surface area contributed by atoms with E-state index in [4.69, 9.17) is 4.74 Å². The number of aliphatic hydroxyl groups excluding tert-OH is 1. The molecule has 4 heteroatoms. The van der Waals surface area contributed by atoms with Crippen molar-refractivity contribution in [3.63, 3.8) is 0 Å². The van der Waals surface area contributed by atoms with Crippen LogP contribution in [0.3, 0.4) is 0 Å². The minimum Gasteiger partial charge on any atom is -0.497 e. The second kappa shape index (κ2) is 4.57. The first-order chi connectivity index (χ1) is 6.27. The summed E-state index contributed by atoms with van der Waals surface area (Å²) in [6.07, 6.45) is -0.840. The van der Waals surface area contributed by atoms with Crippen molar-refractivity contribution in [3.8, 4) is 5.75 Å². The summed E-state index contributed by atoms with van der Waals surface area (Å²) in [5, 5.41) is 12.0. The van der Waals surface area contributed by atoms with Gasteiger partial charge in [-0.1, -0.05) is 17.3 Å². The van der Waals surface area contributed by atoms with E-state index in [0.717, 1.165) is 0 Å². The molecule has 0 aromatic heterocycles. The van der Waals surface area contributed by atoms with Crippen LogP contribution < -0.4 is 4.74 Å². The predicted octanol–water partition coefficient (Wildman–Crippen LogP) is 1.49. The number of aliphatic hydroxyl groups is 1. The molecule has 0 saturated heterocycles. The second-order valence-corrected chi connectivity index (χ2v) is 2.60. The van der Waals surface area contributed by atoms with Gasteiger partial charge in [0.2, 0.25) is 0 Å². The Bertz CT molecular complexity index is 288. The molecule has 0 heterocycles. The Labute approximate surface area is 76.1 Å². The van der Waals surface area contributed by atoms with Gasteiger partial charge in [-0.2, -0.15) is 4.91 Å².